The van der Waals surface area contributed by atoms with Crippen molar-refractivity contribution in [2.24, 2.45) is 23.7 Å². The Morgan fingerprint density at radius 1 is 0.976 bits per heavy atom. The molecule has 1 aromatic carbocycles. The molecular formula is C35H44N2O2S3. The van der Waals surface area contributed by atoms with Gasteiger partial charge in [0.2, 0.25) is 0 Å². The van der Waals surface area contributed by atoms with E-state index in [0.29, 0.717) is 17.9 Å². The third-order valence-corrected chi connectivity index (χ3v) is 13.1. The number of likely N-dealkylation sites (tertiary alicyclic amines) is 1. The molecule has 4 bridgehead atoms. The molecule has 0 radical (unpaired) electrons. The summed E-state index contributed by atoms with van der Waals surface area (Å²) in [5.41, 5.74) is 2.53. The standard InChI is InChI=1S/C35H44N2O2S3/c1-39-29-11-8-10-25(20-29)30-21-26(9-4-2-5-12-36-13-6-3-7-14-36)31(41-30)22-32-34(38)37(35(40)42-32)33-27-16-23-15-24(18-27)19-28(33)17-23/h8,10-11,20-24,27-28,33H,2-7,9,12-19H2,1H3/b32-22-. The number of unbranched alkanes of at least 4 members (excludes halogenated alkanes) is 2. The van der Waals surface area contributed by atoms with Gasteiger partial charge in [-0.2, -0.15) is 0 Å². The zero-order chi connectivity index (χ0) is 28.6. The van der Waals surface area contributed by atoms with E-state index in [1.165, 1.54) is 123 Å². The maximum absolute atomic E-state index is 14.0. The van der Waals surface area contributed by atoms with Crippen LogP contribution in [0.1, 0.15) is 81.1 Å². The minimum Gasteiger partial charge on any atom is -0.497 e. The smallest absolute Gasteiger partial charge is 0.266 e. The number of hydrogen-bond acceptors (Lipinski definition) is 6. The van der Waals surface area contributed by atoms with Gasteiger partial charge >= 0.3 is 0 Å². The molecule has 0 unspecified atom stereocenters. The number of carbonyl (C=O) groups is 1. The average molecular weight is 621 g/mol. The number of ether oxygens (including phenoxy) is 1. The van der Waals surface area contributed by atoms with Crippen molar-refractivity contribution in [3.63, 3.8) is 0 Å². The van der Waals surface area contributed by atoms with Crippen molar-refractivity contribution < 1.29 is 9.53 Å². The molecule has 7 heteroatoms. The number of benzene rings is 1. The van der Waals surface area contributed by atoms with Crippen LogP contribution in [-0.2, 0) is 11.2 Å². The molecule has 3 heterocycles. The van der Waals surface area contributed by atoms with Crippen molar-refractivity contribution in [3.05, 3.63) is 45.7 Å². The fourth-order valence-corrected chi connectivity index (χ4v) is 11.4. The number of thiophene rings is 1. The minimum absolute atomic E-state index is 0.159. The summed E-state index contributed by atoms with van der Waals surface area (Å²) in [4.78, 5) is 22.0. The average Bonchev–Trinajstić information content (AvgIpc) is 3.52. The van der Waals surface area contributed by atoms with Crippen LogP contribution < -0.4 is 4.74 Å². The van der Waals surface area contributed by atoms with Crippen molar-refractivity contribution in [1.29, 1.82) is 0 Å². The van der Waals surface area contributed by atoms with Crippen molar-refractivity contribution in [3.8, 4) is 16.2 Å². The van der Waals surface area contributed by atoms with Gasteiger partial charge in [-0.15, -0.1) is 11.3 Å². The number of methoxy groups -OCH3 is 1. The van der Waals surface area contributed by atoms with Gasteiger partial charge in [0.15, 0.2) is 0 Å². The monoisotopic (exact) mass is 620 g/mol. The number of rotatable bonds is 10. The number of thioether (sulfide) groups is 1. The lowest BCUT2D eigenvalue weighted by molar-refractivity contribution is -0.130. The molecule has 224 valence electrons. The Hall–Kier alpha value is -1.67. The molecule has 0 spiro atoms. The normalized spacial score (nSPS) is 30.2. The van der Waals surface area contributed by atoms with Gasteiger partial charge in [-0.05, 0) is 143 Å². The molecule has 1 aromatic heterocycles. The van der Waals surface area contributed by atoms with Crippen molar-refractivity contribution in [1.82, 2.24) is 9.80 Å². The van der Waals surface area contributed by atoms with Crippen LogP contribution in [-0.4, -0.2) is 52.8 Å². The molecule has 4 aliphatic carbocycles. The first kappa shape index (κ1) is 29.1. The fourth-order valence-electron chi connectivity index (χ4n) is 8.86. The first-order valence-corrected chi connectivity index (χ1v) is 18.4. The highest BCUT2D eigenvalue weighted by atomic mass is 32.2. The second-order valence-electron chi connectivity index (χ2n) is 13.4. The maximum Gasteiger partial charge on any atom is 0.266 e. The topological polar surface area (TPSA) is 32.8 Å². The van der Waals surface area contributed by atoms with Gasteiger partial charge in [-0.1, -0.05) is 49.0 Å². The van der Waals surface area contributed by atoms with Crippen LogP contribution in [0.3, 0.4) is 0 Å². The van der Waals surface area contributed by atoms with E-state index in [4.69, 9.17) is 17.0 Å². The van der Waals surface area contributed by atoms with Crippen LogP contribution in [0.5, 0.6) is 5.75 Å². The highest BCUT2D eigenvalue weighted by Gasteiger charge is 2.53. The van der Waals surface area contributed by atoms with E-state index in [1.54, 1.807) is 18.4 Å². The predicted octanol–water partition coefficient (Wildman–Crippen LogP) is 8.65. The molecule has 2 aromatic rings. The second-order valence-corrected chi connectivity index (χ2v) is 16.2. The molecular weight excluding hydrogens is 577 g/mol. The molecule has 8 rings (SSSR count). The number of piperidine rings is 1. The summed E-state index contributed by atoms with van der Waals surface area (Å²) in [6.45, 7) is 3.79. The quantitative estimate of drug-likeness (QED) is 0.151. The van der Waals surface area contributed by atoms with Crippen LogP contribution >= 0.6 is 35.3 Å². The summed E-state index contributed by atoms with van der Waals surface area (Å²) in [6.07, 6.45) is 17.6. The minimum atomic E-state index is 0.159. The molecule has 0 N–H and O–H groups in total. The SMILES string of the molecule is COc1cccc(-c2cc(CCCCCN3CCCCC3)c(/C=C3\SC(=S)N(C4C5CC6CC(C5)CC4C6)C3=O)s2)c1. The molecule has 0 atom stereocenters. The lowest BCUT2D eigenvalue weighted by atomic mass is 9.54. The van der Waals surface area contributed by atoms with Gasteiger partial charge in [0.05, 0.1) is 12.0 Å². The van der Waals surface area contributed by atoms with E-state index in [0.717, 1.165) is 33.2 Å². The Morgan fingerprint density at radius 2 is 1.74 bits per heavy atom. The zero-order valence-electron chi connectivity index (χ0n) is 24.9. The lowest BCUT2D eigenvalue weighted by Gasteiger charge is -2.56. The lowest BCUT2D eigenvalue weighted by Crippen LogP contribution is -2.57. The van der Waals surface area contributed by atoms with E-state index in [-0.39, 0.29) is 5.91 Å². The first-order valence-electron chi connectivity index (χ1n) is 16.3. The molecule has 42 heavy (non-hydrogen) atoms. The van der Waals surface area contributed by atoms with Crippen molar-refractivity contribution >= 4 is 51.6 Å². The fraction of sp³-hybridized carbons (Fsp3) is 0.600. The van der Waals surface area contributed by atoms with E-state index in [9.17, 15) is 4.79 Å². The summed E-state index contributed by atoms with van der Waals surface area (Å²) in [7, 11) is 1.72. The Bertz CT molecular complexity index is 1320. The number of carbonyl (C=O) groups excluding carboxylic acids is 1. The van der Waals surface area contributed by atoms with Gasteiger partial charge in [-0.3, -0.25) is 9.69 Å². The number of hydrogen-bond donors (Lipinski definition) is 0. The maximum atomic E-state index is 14.0. The summed E-state index contributed by atoms with van der Waals surface area (Å²) in [6, 6.07) is 11.0. The Kier molecular flexibility index (Phi) is 8.82. The van der Waals surface area contributed by atoms with Gasteiger partial charge in [-0.25, -0.2) is 0 Å². The molecule has 4 saturated carbocycles. The summed E-state index contributed by atoms with van der Waals surface area (Å²) >= 11 is 9.26. The van der Waals surface area contributed by atoms with Crippen molar-refractivity contribution in [2.45, 2.75) is 83.1 Å². The zero-order valence-corrected chi connectivity index (χ0v) is 27.3. The number of aryl methyl sites for hydroxylation is 1. The van der Waals surface area contributed by atoms with Gasteiger partial charge < -0.3 is 9.64 Å². The highest BCUT2D eigenvalue weighted by Crippen LogP contribution is 2.56. The molecule has 2 saturated heterocycles. The van der Waals surface area contributed by atoms with Crippen molar-refractivity contribution in [2.75, 3.05) is 26.7 Å². The van der Waals surface area contributed by atoms with Gasteiger partial charge in [0.1, 0.15) is 10.1 Å². The third-order valence-electron chi connectivity index (χ3n) is 10.6. The highest BCUT2D eigenvalue weighted by molar-refractivity contribution is 8.26. The van der Waals surface area contributed by atoms with Crippen LogP contribution in [0, 0.1) is 23.7 Å². The predicted molar refractivity (Wildman–Crippen MR) is 180 cm³/mol. The van der Waals surface area contributed by atoms with Crippen LogP contribution in [0.25, 0.3) is 16.5 Å². The first-order chi connectivity index (χ1) is 20.6. The Balaban J connectivity index is 1.09. The van der Waals surface area contributed by atoms with E-state index < -0.39 is 0 Å². The molecule has 2 aliphatic heterocycles. The van der Waals surface area contributed by atoms with E-state index in [2.05, 4.69) is 40.1 Å². The Morgan fingerprint density at radius 3 is 2.48 bits per heavy atom. The van der Waals surface area contributed by atoms with Crippen LogP contribution in [0.2, 0.25) is 0 Å². The van der Waals surface area contributed by atoms with Gasteiger partial charge in [0.25, 0.3) is 5.91 Å². The Labute approximate surface area is 265 Å². The third kappa shape index (κ3) is 6.00. The molecule has 6 fully saturated rings. The van der Waals surface area contributed by atoms with E-state index >= 15 is 0 Å². The van der Waals surface area contributed by atoms with Crippen LogP contribution in [0.15, 0.2) is 35.2 Å². The molecule has 4 nitrogen and oxygen atoms in total. The largest absolute Gasteiger partial charge is 0.497 e. The van der Waals surface area contributed by atoms with Gasteiger partial charge in [0, 0.05) is 15.8 Å². The summed E-state index contributed by atoms with van der Waals surface area (Å²) in [5.74, 6) is 4.10. The van der Waals surface area contributed by atoms with Crippen LogP contribution in [0.4, 0.5) is 0 Å². The summed E-state index contributed by atoms with van der Waals surface area (Å²) in [5, 5.41) is 0. The molecule has 1 amide bonds. The second kappa shape index (κ2) is 12.7. The number of thiocarbonyl (C=S) groups is 1. The summed E-state index contributed by atoms with van der Waals surface area (Å²) < 4.78 is 6.30. The number of nitrogens with zero attached hydrogens (tertiary/aromatic N) is 2. The number of amides is 1. The molecule has 6 aliphatic rings. The van der Waals surface area contributed by atoms with E-state index in [1.807, 2.05) is 6.07 Å².